The number of nitrogens with one attached hydrogen (secondary N) is 2. The van der Waals surface area contributed by atoms with Crippen molar-refractivity contribution >= 4 is 11.7 Å². The molecule has 0 fully saturated rings. The van der Waals surface area contributed by atoms with Gasteiger partial charge in [-0.2, -0.15) is 5.10 Å². The molecule has 0 unspecified atom stereocenters. The van der Waals surface area contributed by atoms with Crippen molar-refractivity contribution in [2.45, 2.75) is 58.8 Å². The molecular weight excluding hydrogens is 290 g/mol. The van der Waals surface area contributed by atoms with Crippen molar-refractivity contribution in [3.63, 3.8) is 0 Å². The Morgan fingerprint density at radius 3 is 2.61 bits per heavy atom. The van der Waals surface area contributed by atoms with Crippen LogP contribution in [0.5, 0.6) is 0 Å². The SMILES string of the molecule is CCc1nc([C@@H]2CC(=O)Nc3c2c(C(C)(C)C)nn3C)c(C)[nH]1. The largest absolute Gasteiger partial charge is 0.346 e. The number of carbonyl (C=O) groups excluding carboxylic acids is 1. The monoisotopic (exact) mass is 315 g/mol. The number of H-pyrrole nitrogens is 1. The summed E-state index contributed by atoms with van der Waals surface area (Å²) in [6.45, 7) is 10.6. The van der Waals surface area contributed by atoms with Crippen LogP contribution in [0, 0.1) is 6.92 Å². The maximum absolute atomic E-state index is 12.2. The number of nitrogens with zero attached hydrogens (tertiary/aromatic N) is 3. The second-order valence-corrected chi connectivity index (χ2v) is 7.34. The number of hydrogen-bond acceptors (Lipinski definition) is 3. The van der Waals surface area contributed by atoms with Gasteiger partial charge in [0.1, 0.15) is 11.6 Å². The quantitative estimate of drug-likeness (QED) is 0.894. The van der Waals surface area contributed by atoms with Crippen LogP contribution in [0.3, 0.4) is 0 Å². The molecule has 1 aliphatic heterocycles. The Labute approximate surface area is 136 Å². The van der Waals surface area contributed by atoms with E-state index in [1.165, 1.54) is 0 Å². The van der Waals surface area contributed by atoms with E-state index in [-0.39, 0.29) is 17.2 Å². The highest BCUT2D eigenvalue weighted by molar-refractivity contribution is 5.94. The zero-order valence-electron chi connectivity index (χ0n) is 14.7. The molecule has 0 bridgehead atoms. The fraction of sp³-hybridized carbons (Fsp3) is 0.588. The third-order valence-electron chi connectivity index (χ3n) is 4.43. The van der Waals surface area contributed by atoms with Crippen LogP contribution in [0.2, 0.25) is 0 Å². The number of imidazole rings is 1. The molecule has 3 heterocycles. The average molecular weight is 315 g/mol. The van der Waals surface area contributed by atoms with Gasteiger partial charge in [-0.1, -0.05) is 27.7 Å². The lowest BCUT2D eigenvalue weighted by Crippen LogP contribution is -2.26. The van der Waals surface area contributed by atoms with E-state index in [1.54, 1.807) is 4.68 Å². The van der Waals surface area contributed by atoms with Gasteiger partial charge < -0.3 is 10.3 Å². The molecular formula is C17H25N5O. The minimum Gasteiger partial charge on any atom is -0.346 e. The summed E-state index contributed by atoms with van der Waals surface area (Å²) in [5.41, 5.74) is 4.05. The normalized spacial score (nSPS) is 18.0. The Morgan fingerprint density at radius 2 is 2.04 bits per heavy atom. The molecule has 0 radical (unpaired) electrons. The number of aryl methyl sites for hydroxylation is 3. The molecule has 1 aliphatic rings. The van der Waals surface area contributed by atoms with Crippen LogP contribution in [0.1, 0.15) is 68.5 Å². The van der Waals surface area contributed by atoms with Crippen LogP contribution in [0.25, 0.3) is 0 Å². The number of hydrogen-bond donors (Lipinski definition) is 2. The van der Waals surface area contributed by atoms with E-state index < -0.39 is 0 Å². The van der Waals surface area contributed by atoms with Gasteiger partial charge in [-0.05, 0) is 6.92 Å². The lowest BCUT2D eigenvalue weighted by Gasteiger charge is -2.26. The molecule has 6 heteroatoms. The summed E-state index contributed by atoms with van der Waals surface area (Å²) >= 11 is 0. The van der Waals surface area contributed by atoms with Crippen molar-refractivity contribution in [2.24, 2.45) is 7.05 Å². The third-order valence-corrected chi connectivity index (χ3v) is 4.43. The van der Waals surface area contributed by atoms with Crippen LogP contribution >= 0.6 is 0 Å². The first-order chi connectivity index (χ1) is 10.7. The fourth-order valence-corrected chi connectivity index (χ4v) is 3.32. The first-order valence-electron chi connectivity index (χ1n) is 8.15. The molecule has 2 aromatic heterocycles. The number of carbonyl (C=O) groups is 1. The van der Waals surface area contributed by atoms with Crippen molar-refractivity contribution in [1.29, 1.82) is 0 Å². The Hall–Kier alpha value is -2.11. The van der Waals surface area contributed by atoms with Crippen molar-refractivity contribution in [3.8, 4) is 0 Å². The molecule has 6 nitrogen and oxygen atoms in total. The van der Waals surface area contributed by atoms with Crippen molar-refractivity contribution < 1.29 is 4.79 Å². The van der Waals surface area contributed by atoms with Gasteiger partial charge in [0.05, 0.1) is 11.4 Å². The number of aromatic nitrogens is 4. The number of rotatable bonds is 2. The number of amides is 1. The predicted molar refractivity (Wildman–Crippen MR) is 89.7 cm³/mol. The topological polar surface area (TPSA) is 75.6 Å². The van der Waals surface area contributed by atoms with Gasteiger partial charge in [-0.25, -0.2) is 4.98 Å². The van der Waals surface area contributed by atoms with Crippen molar-refractivity contribution in [2.75, 3.05) is 5.32 Å². The molecule has 1 atom stereocenters. The van der Waals surface area contributed by atoms with Gasteiger partial charge in [0, 0.05) is 42.5 Å². The van der Waals surface area contributed by atoms with Crippen molar-refractivity contribution in [3.05, 3.63) is 28.5 Å². The Balaban J connectivity index is 2.21. The maximum atomic E-state index is 12.2. The molecule has 0 spiro atoms. The minimum absolute atomic E-state index is 0.0198. The molecule has 0 saturated carbocycles. The van der Waals surface area contributed by atoms with E-state index in [0.717, 1.165) is 40.7 Å². The van der Waals surface area contributed by atoms with Crippen molar-refractivity contribution in [1.82, 2.24) is 19.7 Å². The van der Waals surface area contributed by atoms with Gasteiger partial charge in [0.2, 0.25) is 5.91 Å². The third kappa shape index (κ3) is 2.56. The lowest BCUT2D eigenvalue weighted by molar-refractivity contribution is -0.116. The molecule has 2 N–H and O–H groups in total. The van der Waals surface area contributed by atoms with Crippen LogP contribution in [-0.2, 0) is 23.7 Å². The second-order valence-electron chi connectivity index (χ2n) is 7.34. The highest BCUT2D eigenvalue weighted by Crippen LogP contribution is 2.42. The van der Waals surface area contributed by atoms with E-state index in [0.29, 0.717) is 6.42 Å². The molecule has 23 heavy (non-hydrogen) atoms. The second kappa shape index (κ2) is 5.22. The molecule has 0 aromatic carbocycles. The molecule has 0 saturated heterocycles. The summed E-state index contributed by atoms with van der Waals surface area (Å²) in [5, 5.41) is 7.68. The van der Waals surface area contributed by atoms with Gasteiger partial charge in [0.25, 0.3) is 0 Å². The average Bonchev–Trinajstić information content (AvgIpc) is 2.99. The van der Waals surface area contributed by atoms with E-state index >= 15 is 0 Å². The first-order valence-corrected chi connectivity index (χ1v) is 8.15. The Kier molecular flexibility index (Phi) is 3.58. The lowest BCUT2D eigenvalue weighted by atomic mass is 9.81. The number of fused-ring (bicyclic) bond motifs is 1. The molecule has 0 aliphatic carbocycles. The maximum Gasteiger partial charge on any atom is 0.226 e. The predicted octanol–water partition coefficient (Wildman–Crippen LogP) is 2.79. The highest BCUT2D eigenvalue weighted by Gasteiger charge is 2.38. The summed E-state index contributed by atoms with van der Waals surface area (Å²) in [7, 11) is 1.88. The van der Waals surface area contributed by atoms with Gasteiger partial charge in [0.15, 0.2) is 0 Å². The first kappa shape index (κ1) is 15.8. The van der Waals surface area contributed by atoms with E-state index in [9.17, 15) is 4.79 Å². The van der Waals surface area contributed by atoms with Crippen LogP contribution in [-0.4, -0.2) is 25.7 Å². The van der Waals surface area contributed by atoms with E-state index in [1.807, 2.05) is 14.0 Å². The zero-order valence-corrected chi connectivity index (χ0v) is 14.7. The molecule has 2 aromatic rings. The summed E-state index contributed by atoms with van der Waals surface area (Å²) in [6.07, 6.45) is 1.27. The van der Waals surface area contributed by atoms with Crippen LogP contribution in [0.15, 0.2) is 0 Å². The van der Waals surface area contributed by atoms with E-state index in [2.05, 4.69) is 38.0 Å². The van der Waals surface area contributed by atoms with Gasteiger partial charge in [-0.15, -0.1) is 0 Å². The summed E-state index contributed by atoms with van der Waals surface area (Å²) < 4.78 is 1.78. The molecule has 1 amide bonds. The number of anilines is 1. The number of aromatic amines is 1. The zero-order chi connectivity index (χ0) is 16.9. The molecule has 124 valence electrons. The minimum atomic E-state index is -0.0938. The van der Waals surface area contributed by atoms with Crippen LogP contribution in [0.4, 0.5) is 5.82 Å². The standard InChI is InChI=1S/C17H25N5O/c1-7-11-18-9(2)14(19-11)10-8-12(23)20-16-13(10)15(17(3,4)5)21-22(16)6/h10H,7-8H2,1-6H3,(H,18,19)(H,20,23)/t10-/m1/s1. The van der Waals surface area contributed by atoms with Gasteiger partial charge >= 0.3 is 0 Å². The Bertz CT molecular complexity index is 763. The highest BCUT2D eigenvalue weighted by atomic mass is 16.1. The van der Waals surface area contributed by atoms with Gasteiger partial charge in [-0.3, -0.25) is 9.48 Å². The smallest absolute Gasteiger partial charge is 0.226 e. The summed E-state index contributed by atoms with van der Waals surface area (Å²) in [6, 6.07) is 0. The van der Waals surface area contributed by atoms with Crippen LogP contribution < -0.4 is 5.32 Å². The summed E-state index contributed by atoms with van der Waals surface area (Å²) in [5.74, 6) is 1.74. The van der Waals surface area contributed by atoms with E-state index in [4.69, 9.17) is 10.1 Å². The fourth-order valence-electron chi connectivity index (χ4n) is 3.32. The summed E-state index contributed by atoms with van der Waals surface area (Å²) in [4.78, 5) is 20.3. The molecule has 3 rings (SSSR count). The Morgan fingerprint density at radius 1 is 1.35 bits per heavy atom.